The Labute approximate surface area is 114 Å². The third kappa shape index (κ3) is 4.13. The van der Waals surface area contributed by atoms with Gasteiger partial charge in [-0.1, -0.05) is 18.2 Å². The number of phenols is 1. The van der Waals surface area contributed by atoms with Crippen LogP contribution in [0, 0.1) is 32.8 Å². The molecule has 0 unspecified atom stereocenters. The monoisotopic (exact) mass is 267 g/mol. The second kappa shape index (κ2) is 7.14. The third-order valence-electron chi connectivity index (χ3n) is 2.21. The molecule has 6 nitrogen and oxygen atoms in total. The first-order valence-electron chi connectivity index (χ1n) is 5.41. The van der Waals surface area contributed by atoms with Gasteiger partial charge in [0, 0.05) is 12.1 Å². The highest BCUT2D eigenvalue weighted by molar-refractivity contribution is 5.49. The van der Waals surface area contributed by atoms with Gasteiger partial charge in [0.15, 0.2) is 0 Å². The number of aromatic hydroxyl groups is 1. The van der Waals surface area contributed by atoms with E-state index < -0.39 is 4.92 Å². The van der Waals surface area contributed by atoms with Crippen LogP contribution in [-0.2, 0) is 0 Å². The minimum atomic E-state index is -0.625. The van der Waals surface area contributed by atoms with Crippen molar-refractivity contribution in [2.75, 3.05) is 0 Å². The van der Waals surface area contributed by atoms with E-state index in [0.717, 1.165) is 18.2 Å². The Hall–Kier alpha value is -3.38. The summed E-state index contributed by atoms with van der Waals surface area (Å²) in [5.74, 6) is -0.247. The number of nitro groups is 1. The molecule has 2 aromatic carbocycles. The molecule has 0 spiro atoms. The summed E-state index contributed by atoms with van der Waals surface area (Å²) in [7, 11) is 0. The summed E-state index contributed by atoms with van der Waals surface area (Å²) in [4.78, 5) is 9.57. The molecule has 1 N–H and O–H groups in total. The Balaban J connectivity index is 0.000000217. The van der Waals surface area contributed by atoms with Crippen LogP contribution in [0.15, 0.2) is 48.5 Å². The van der Waals surface area contributed by atoms with Crippen molar-refractivity contribution < 1.29 is 10.0 Å². The zero-order valence-corrected chi connectivity index (χ0v) is 10.2. The fraction of sp³-hybridized carbons (Fsp3) is 0. The third-order valence-corrected chi connectivity index (χ3v) is 2.21. The molecular weight excluding hydrogens is 258 g/mol. The second-order valence-electron chi connectivity index (χ2n) is 3.55. The van der Waals surface area contributed by atoms with E-state index in [0.29, 0.717) is 5.56 Å². The minimum Gasteiger partial charge on any atom is -0.507 e. The van der Waals surface area contributed by atoms with Gasteiger partial charge in [-0.2, -0.15) is 10.5 Å². The fourth-order valence-electron chi connectivity index (χ4n) is 1.24. The second-order valence-corrected chi connectivity index (χ2v) is 3.55. The average molecular weight is 267 g/mol. The number of non-ortho nitro benzene ring substituents is 1. The van der Waals surface area contributed by atoms with E-state index >= 15 is 0 Å². The van der Waals surface area contributed by atoms with Crippen LogP contribution in [0.5, 0.6) is 5.75 Å². The first-order chi connectivity index (χ1) is 9.58. The van der Waals surface area contributed by atoms with Crippen molar-refractivity contribution in [3.05, 3.63) is 69.8 Å². The fourth-order valence-corrected chi connectivity index (χ4v) is 1.24. The molecule has 0 bridgehead atoms. The van der Waals surface area contributed by atoms with Gasteiger partial charge in [-0.25, -0.2) is 0 Å². The van der Waals surface area contributed by atoms with Crippen LogP contribution in [0.4, 0.5) is 5.69 Å². The quantitative estimate of drug-likeness (QED) is 0.630. The Kier molecular flexibility index (Phi) is 5.24. The molecule has 0 fully saturated rings. The maximum atomic E-state index is 10.2. The van der Waals surface area contributed by atoms with Crippen LogP contribution in [0.25, 0.3) is 0 Å². The minimum absolute atomic E-state index is 0.0933. The number of nitriles is 2. The maximum absolute atomic E-state index is 10.2. The lowest BCUT2D eigenvalue weighted by Crippen LogP contribution is -1.88. The molecule has 2 rings (SSSR count). The first-order valence-corrected chi connectivity index (χ1v) is 5.41. The van der Waals surface area contributed by atoms with Gasteiger partial charge in [-0.05, 0) is 18.2 Å². The van der Waals surface area contributed by atoms with E-state index in [2.05, 4.69) is 0 Å². The molecule has 2 aromatic rings. The number of phenolic OH excluding ortho intramolecular Hbond substituents is 1. The summed E-state index contributed by atoms with van der Waals surface area (Å²) < 4.78 is 0. The summed E-state index contributed by atoms with van der Waals surface area (Å²) in [6, 6.07) is 16.1. The van der Waals surface area contributed by atoms with E-state index in [1.807, 2.05) is 24.3 Å². The highest BCUT2D eigenvalue weighted by atomic mass is 16.6. The topological polar surface area (TPSA) is 111 Å². The van der Waals surface area contributed by atoms with Crippen LogP contribution >= 0.6 is 0 Å². The molecule has 0 atom stereocenters. The van der Waals surface area contributed by atoms with Crippen molar-refractivity contribution in [3.8, 4) is 17.9 Å². The number of rotatable bonds is 1. The number of benzene rings is 2. The molecule has 0 amide bonds. The van der Waals surface area contributed by atoms with Crippen LogP contribution in [0.1, 0.15) is 11.1 Å². The Morgan fingerprint density at radius 2 is 1.70 bits per heavy atom. The van der Waals surface area contributed by atoms with Crippen LogP contribution in [0.2, 0.25) is 0 Å². The summed E-state index contributed by atoms with van der Waals surface area (Å²) in [5, 5.41) is 35.8. The van der Waals surface area contributed by atoms with Gasteiger partial charge in [-0.3, -0.25) is 10.1 Å². The lowest BCUT2D eigenvalue weighted by Gasteiger charge is -1.94. The molecule has 20 heavy (non-hydrogen) atoms. The maximum Gasteiger partial charge on any atom is 0.271 e. The normalized spacial score (nSPS) is 8.50. The zero-order valence-electron chi connectivity index (χ0n) is 10.2. The van der Waals surface area contributed by atoms with E-state index in [4.69, 9.17) is 15.6 Å². The van der Waals surface area contributed by atoms with E-state index in [1.54, 1.807) is 18.2 Å². The predicted octanol–water partition coefficient (Wildman–Crippen LogP) is 2.73. The predicted molar refractivity (Wildman–Crippen MR) is 70.6 cm³/mol. The molecule has 0 radical (unpaired) electrons. The van der Waals surface area contributed by atoms with Gasteiger partial charge in [0.2, 0.25) is 0 Å². The smallest absolute Gasteiger partial charge is 0.271 e. The van der Waals surface area contributed by atoms with Crippen LogP contribution in [0.3, 0.4) is 0 Å². The van der Waals surface area contributed by atoms with E-state index in [9.17, 15) is 10.1 Å². The molecule has 0 aliphatic carbocycles. The molecule has 98 valence electrons. The van der Waals surface area contributed by atoms with Crippen molar-refractivity contribution in [1.82, 2.24) is 0 Å². The Morgan fingerprint density at radius 1 is 1.05 bits per heavy atom. The molecule has 0 saturated carbocycles. The number of hydrogen-bond acceptors (Lipinski definition) is 5. The number of nitro benzene ring substituents is 1. The Bertz CT molecular complexity index is 685. The lowest BCUT2D eigenvalue weighted by atomic mass is 10.2. The zero-order chi connectivity index (χ0) is 15.0. The largest absolute Gasteiger partial charge is 0.507 e. The van der Waals surface area contributed by atoms with Crippen molar-refractivity contribution in [2.24, 2.45) is 0 Å². The molecule has 6 heteroatoms. The van der Waals surface area contributed by atoms with Crippen LogP contribution < -0.4 is 0 Å². The standard InChI is InChI=1S/C7H4N2O3.C7H5N/c8-4-5-3-6(9(11)12)1-2-7(5)10;8-6-7-4-2-1-3-5-7/h1-3,10H;1-5H. The van der Waals surface area contributed by atoms with E-state index in [-0.39, 0.29) is 17.0 Å². The van der Waals surface area contributed by atoms with Gasteiger partial charge in [0.25, 0.3) is 5.69 Å². The summed E-state index contributed by atoms with van der Waals surface area (Å²) >= 11 is 0. The molecule has 0 saturated heterocycles. The summed E-state index contributed by atoms with van der Waals surface area (Å²) in [6.07, 6.45) is 0. The highest BCUT2D eigenvalue weighted by Crippen LogP contribution is 2.21. The summed E-state index contributed by atoms with van der Waals surface area (Å²) in [6.45, 7) is 0. The van der Waals surface area contributed by atoms with Crippen molar-refractivity contribution >= 4 is 5.69 Å². The lowest BCUT2D eigenvalue weighted by molar-refractivity contribution is -0.384. The molecule has 0 aliphatic rings. The van der Waals surface area contributed by atoms with Gasteiger partial charge >= 0.3 is 0 Å². The highest BCUT2D eigenvalue weighted by Gasteiger charge is 2.08. The van der Waals surface area contributed by atoms with Gasteiger partial charge < -0.3 is 5.11 Å². The van der Waals surface area contributed by atoms with E-state index in [1.165, 1.54) is 0 Å². The van der Waals surface area contributed by atoms with Gasteiger partial charge in [0.1, 0.15) is 17.4 Å². The van der Waals surface area contributed by atoms with Crippen molar-refractivity contribution in [3.63, 3.8) is 0 Å². The summed E-state index contributed by atoms with van der Waals surface area (Å²) in [5.41, 5.74) is 0.418. The number of nitrogens with zero attached hydrogens (tertiary/aromatic N) is 3. The average Bonchev–Trinajstić information content (AvgIpc) is 2.49. The molecule has 0 aromatic heterocycles. The van der Waals surface area contributed by atoms with Crippen LogP contribution in [-0.4, -0.2) is 10.0 Å². The van der Waals surface area contributed by atoms with Gasteiger partial charge in [0.05, 0.1) is 16.6 Å². The molecule has 0 aliphatic heterocycles. The van der Waals surface area contributed by atoms with Crippen molar-refractivity contribution in [2.45, 2.75) is 0 Å². The molecule has 0 heterocycles. The van der Waals surface area contributed by atoms with Crippen molar-refractivity contribution in [1.29, 1.82) is 10.5 Å². The van der Waals surface area contributed by atoms with Gasteiger partial charge in [-0.15, -0.1) is 0 Å². The molecular formula is C14H9N3O3. The SMILES string of the molecule is N#Cc1cc([N+](=O)[O-])ccc1O.N#Cc1ccccc1. The first kappa shape index (κ1) is 14.7. The Morgan fingerprint density at radius 3 is 2.15 bits per heavy atom. The number of hydrogen-bond donors (Lipinski definition) is 1.